The van der Waals surface area contributed by atoms with E-state index in [0.717, 1.165) is 6.54 Å². The molecule has 4 nitrogen and oxygen atoms in total. The van der Waals surface area contributed by atoms with E-state index in [-0.39, 0.29) is 0 Å². The maximum Gasteiger partial charge on any atom is 0.0951 e. The van der Waals surface area contributed by atoms with Crippen molar-refractivity contribution < 1.29 is 0 Å². The van der Waals surface area contributed by atoms with Crippen LogP contribution >= 0.6 is 0 Å². The fourth-order valence-corrected chi connectivity index (χ4v) is 3.55. The van der Waals surface area contributed by atoms with Crippen LogP contribution in [-0.4, -0.2) is 41.1 Å². The minimum absolute atomic E-state index is 0.527. The van der Waals surface area contributed by atoms with Crippen molar-refractivity contribution in [1.82, 2.24) is 19.8 Å². The molecule has 100 valence electrons. The fraction of sp³-hybridized carbons (Fsp3) is 0.786. The van der Waals surface area contributed by atoms with Crippen LogP contribution in [0.4, 0.5) is 0 Å². The molecule has 18 heavy (non-hydrogen) atoms. The van der Waals surface area contributed by atoms with Gasteiger partial charge in [0.15, 0.2) is 0 Å². The monoisotopic (exact) mass is 248 g/mol. The van der Waals surface area contributed by atoms with Crippen molar-refractivity contribution in [1.29, 1.82) is 0 Å². The Kier molecular flexibility index (Phi) is 3.39. The molecule has 3 atom stereocenters. The Labute approximate surface area is 109 Å². The first-order valence-electron chi connectivity index (χ1n) is 7.19. The maximum atomic E-state index is 4.40. The summed E-state index contributed by atoms with van der Waals surface area (Å²) in [5.41, 5.74) is 1.40. The van der Waals surface area contributed by atoms with E-state index >= 15 is 0 Å². The van der Waals surface area contributed by atoms with Crippen LogP contribution in [0, 0.1) is 5.92 Å². The zero-order chi connectivity index (χ0) is 12.5. The maximum absolute atomic E-state index is 4.40. The number of hydrogen-bond donors (Lipinski definition) is 1. The first-order chi connectivity index (χ1) is 8.75. The fourth-order valence-electron chi connectivity index (χ4n) is 3.55. The highest BCUT2D eigenvalue weighted by molar-refractivity contribution is 5.09. The summed E-state index contributed by atoms with van der Waals surface area (Å²) in [5, 5.41) is 3.59. The van der Waals surface area contributed by atoms with Crippen LogP contribution in [-0.2, 0) is 0 Å². The molecule has 0 aromatic carbocycles. The van der Waals surface area contributed by atoms with Gasteiger partial charge >= 0.3 is 0 Å². The Morgan fingerprint density at radius 2 is 2.28 bits per heavy atom. The van der Waals surface area contributed by atoms with E-state index in [1.807, 2.05) is 6.33 Å². The smallest absolute Gasteiger partial charge is 0.0951 e. The average Bonchev–Trinajstić information content (AvgIpc) is 2.98. The van der Waals surface area contributed by atoms with Gasteiger partial charge < -0.3 is 14.8 Å². The molecule has 1 aromatic heterocycles. The number of hydrogen-bond acceptors (Lipinski definition) is 3. The summed E-state index contributed by atoms with van der Waals surface area (Å²) in [5.74, 6) is 0.707. The Morgan fingerprint density at radius 3 is 3.00 bits per heavy atom. The molecule has 2 saturated heterocycles. The van der Waals surface area contributed by atoms with Gasteiger partial charge in [0.2, 0.25) is 0 Å². The van der Waals surface area contributed by atoms with Crippen LogP contribution in [0.1, 0.15) is 44.0 Å². The largest absolute Gasteiger partial charge is 0.330 e. The SMILES string of the molecule is CC1CN(C)CCC1n1cncc1C1CCCN1. The van der Waals surface area contributed by atoms with Crippen molar-refractivity contribution in [3.8, 4) is 0 Å². The number of piperidine rings is 1. The van der Waals surface area contributed by atoms with Crippen LogP contribution in [0.3, 0.4) is 0 Å². The van der Waals surface area contributed by atoms with E-state index in [1.165, 1.54) is 38.0 Å². The molecule has 0 bridgehead atoms. The summed E-state index contributed by atoms with van der Waals surface area (Å²) in [6, 6.07) is 1.15. The van der Waals surface area contributed by atoms with E-state index in [2.05, 4.69) is 39.9 Å². The van der Waals surface area contributed by atoms with Crippen molar-refractivity contribution in [2.24, 2.45) is 5.92 Å². The third-order valence-corrected chi connectivity index (χ3v) is 4.53. The summed E-state index contributed by atoms with van der Waals surface area (Å²) in [6.45, 7) is 5.91. The zero-order valence-electron chi connectivity index (χ0n) is 11.5. The molecule has 0 aliphatic carbocycles. The molecule has 3 rings (SSSR count). The van der Waals surface area contributed by atoms with Crippen LogP contribution in [0.2, 0.25) is 0 Å². The Bertz CT molecular complexity index is 394. The number of aromatic nitrogens is 2. The van der Waals surface area contributed by atoms with E-state index in [0.29, 0.717) is 18.0 Å². The third kappa shape index (κ3) is 2.19. The van der Waals surface area contributed by atoms with E-state index in [9.17, 15) is 0 Å². The van der Waals surface area contributed by atoms with Gasteiger partial charge in [-0.15, -0.1) is 0 Å². The summed E-state index contributed by atoms with van der Waals surface area (Å²) in [7, 11) is 2.22. The predicted octanol–water partition coefficient (Wildman–Crippen LogP) is 1.82. The molecule has 2 aliphatic rings. The number of nitrogens with one attached hydrogen (secondary N) is 1. The highest BCUT2D eigenvalue weighted by Gasteiger charge is 2.29. The summed E-state index contributed by atoms with van der Waals surface area (Å²) < 4.78 is 2.45. The molecule has 2 aliphatic heterocycles. The van der Waals surface area contributed by atoms with Crippen molar-refractivity contribution in [2.45, 2.75) is 38.3 Å². The molecule has 0 radical (unpaired) electrons. The number of likely N-dealkylation sites (tertiary alicyclic amines) is 1. The molecule has 2 fully saturated rings. The molecule has 3 heterocycles. The minimum atomic E-state index is 0.527. The summed E-state index contributed by atoms with van der Waals surface area (Å²) in [4.78, 5) is 6.84. The lowest BCUT2D eigenvalue weighted by atomic mass is 9.93. The van der Waals surface area contributed by atoms with Crippen LogP contribution in [0.25, 0.3) is 0 Å². The van der Waals surface area contributed by atoms with Gasteiger partial charge in [-0.25, -0.2) is 4.98 Å². The van der Waals surface area contributed by atoms with Gasteiger partial charge in [0.25, 0.3) is 0 Å². The third-order valence-electron chi connectivity index (χ3n) is 4.53. The number of imidazole rings is 1. The lowest BCUT2D eigenvalue weighted by Crippen LogP contribution is -2.38. The van der Waals surface area contributed by atoms with Gasteiger partial charge in [0.1, 0.15) is 0 Å². The number of nitrogens with zero attached hydrogens (tertiary/aromatic N) is 3. The Hall–Kier alpha value is -0.870. The van der Waals surface area contributed by atoms with E-state index < -0.39 is 0 Å². The van der Waals surface area contributed by atoms with Crippen molar-refractivity contribution in [3.63, 3.8) is 0 Å². The highest BCUT2D eigenvalue weighted by atomic mass is 15.2. The van der Waals surface area contributed by atoms with Gasteiger partial charge in [-0.3, -0.25) is 0 Å². The number of rotatable bonds is 2. The second-order valence-electron chi connectivity index (χ2n) is 5.97. The van der Waals surface area contributed by atoms with Gasteiger partial charge in [-0.1, -0.05) is 6.92 Å². The summed E-state index contributed by atoms with van der Waals surface area (Å²) >= 11 is 0. The molecular weight excluding hydrogens is 224 g/mol. The van der Waals surface area contributed by atoms with Crippen molar-refractivity contribution in [2.75, 3.05) is 26.7 Å². The van der Waals surface area contributed by atoms with Gasteiger partial charge in [0.05, 0.1) is 12.0 Å². The first-order valence-corrected chi connectivity index (χ1v) is 7.19. The van der Waals surface area contributed by atoms with Crippen molar-refractivity contribution in [3.05, 3.63) is 18.2 Å². The standard InChI is InChI=1S/C14H24N4/c1-11-9-17(2)7-5-13(11)18-10-15-8-14(18)12-4-3-6-16-12/h8,10-13,16H,3-7,9H2,1-2H3. The quantitative estimate of drug-likeness (QED) is 0.866. The van der Waals surface area contributed by atoms with E-state index in [1.54, 1.807) is 0 Å². The molecule has 4 heteroatoms. The Morgan fingerprint density at radius 1 is 1.39 bits per heavy atom. The second-order valence-corrected chi connectivity index (χ2v) is 5.97. The molecule has 0 amide bonds. The van der Waals surface area contributed by atoms with Crippen LogP contribution in [0.5, 0.6) is 0 Å². The normalized spacial score (nSPS) is 34.0. The molecule has 1 N–H and O–H groups in total. The highest BCUT2D eigenvalue weighted by Crippen LogP contribution is 2.32. The molecule has 0 spiro atoms. The van der Waals surface area contributed by atoms with Gasteiger partial charge in [-0.2, -0.15) is 0 Å². The second kappa shape index (κ2) is 5.02. The minimum Gasteiger partial charge on any atom is -0.330 e. The van der Waals surface area contributed by atoms with Gasteiger partial charge in [-0.05, 0) is 45.3 Å². The molecule has 1 aromatic rings. The lowest BCUT2D eigenvalue weighted by molar-refractivity contribution is 0.156. The molecule has 3 unspecified atom stereocenters. The average molecular weight is 248 g/mol. The van der Waals surface area contributed by atoms with Gasteiger partial charge in [0, 0.05) is 24.8 Å². The molecule has 0 saturated carbocycles. The summed E-state index contributed by atoms with van der Waals surface area (Å²) in [6.07, 6.45) is 7.90. The zero-order valence-corrected chi connectivity index (χ0v) is 11.5. The molecular formula is C14H24N4. The van der Waals surface area contributed by atoms with E-state index in [4.69, 9.17) is 0 Å². The predicted molar refractivity (Wildman–Crippen MR) is 72.5 cm³/mol. The van der Waals surface area contributed by atoms with Crippen molar-refractivity contribution >= 4 is 0 Å². The lowest BCUT2D eigenvalue weighted by Gasteiger charge is -2.36. The first kappa shape index (κ1) is 12.2. The van der Waals surface area contributed by atoms with Crippen LogP contribution in [0.15, 0.2) is 12.5 Å². The van der Waals surface area contributed by atoms with Crippen LogP contribution < -0.4 is 5.32 Å². The Balaban J connectivity index is 1.81. The topological polar surface area (TPSA) is 33.1 Å².